The van der Waals surface area contributed by atoms with E-state index in [1.54, 1.807) is 0 Å². The van der Waals surface area contributed by atoms with Crippen LogP contribution in [0, 0.1) is 17.8 Å². The van der Waals surface area contributed by atoms with Gasteiger partial charge in [-0.3, -0.25) is 4.79 Å². The van der Waals surface area contributed by atoms with Crippen LogP contribution in [0.1, 0.15) is 67.7 Å². The molecule has 1 spiro atoms. The summed E-state index contributed by atoms with van der Waals surface area (Å²) in [6.07, 6.45) is 1.78. The molecule has 0 saturated carbocycles. The van der Waals surface area contributed by atoms with Crippen molar-refractivity contribution in [1.29, 1.82) is 0 Å². The van der Waals surface area contributed by atoms with Crippen molar-refractivity contribution in [3.63, 3.8) is 0 Å². The van der Waals surface area contributed by atoms with E-state index >= 15 is 0 Å². The molecule has 3 fully saturated rings. The first-order valence-corrected chi connectivity index (χ1v) is 25.6. The smallest absolute Gasteiger partial charge is 0.311 e. The Labute approximate surface area is 295 Å². The molecule has 0 aromatic rings. The number of fused-ring (bicyclic) bond motifs is 2. The fourth-order valence-electron chi connectivity index (χ4n) is 8.44. The first-order valence-electron chi connectivity index (χ1n) is 17.7. The van der Waals surface area contributed by atoms with Gasteiger partial charge in [-0.1, -0.05) is 36.7 Å². The number of hydrogen-bond acceptors (Lipinski definition) is 9. The molecule has 12 heteroatoms. The van der Waals surface area contributed by atoms with Gasteiger partial charge in [0.05, 0.1) is 29.8 Å². The van der Waals surface area contributed by atoms with Gasteiger partial charge in [-0.05, 0) is 112 Å². The third-order valence-electron chi connectivity index (χ3n) is 10.4. The van der Waals surface area contributed by atoms with E-state index in [4.69, 9.17) is 32.5 Å². The number of likely N-dealkylation sites (N-methyl/N-ethyl adjacent to an activating group) is 1. The maximum atomic E-state index is 14.1. The number of nitrogens with zero attached hydrogens (tertiary/aromatic N) is 1. The van der Waals surface area contributed by atoms with E-state index in [0.29, 0.717) is 18.2 Å². The Hall–Kier alpha value is -0.156. The van der Waals surface area contributed by atoms with Crippen LogP contribution < -0.4 is 0 Å². The normalized spacial score (nSPS) is 45.0. The molecule has 0 aromatic carbocycles. The number of carbonyl (C=O) groups excluding carboxylic acids is 1. The SMILES string of the molecule is CC[C@H]1OC(=O)[C@H](C)[C@@H](O[Si](C)(C)C)[C@H](C)[C@@H](O[C@@H]2O[C@H](C)C[C@H](N(C)C)[C@H]2O[Si](C)(C)C)[C@@]2(C)C[C@@H](C)C3(OC1(C)C=C3CBr)O2. The van der Waals surface area contributed by atoms with Crippen LogP contribution in [0.5, 0.6) is 0 Å². The van der Waals surface area contributed by atoms with Gasteiger partial charge in [-0.2, -0.15) is 0 Å². The number of ether oxygens (including phenoxy) is 5. The van der Waals surface area contributed by atoms with Crippen molar-refractivity contribution >= 4 is 38.5 Å². The van der Waals surface area contributed by atoms with Crippen molar-refractivity contribution in [3.05, 3.63) is 11.6 Å². The molecule has 0 amide bonds. The molecular weight excluding hydrogens is 698 g/mol. The molecule has 47 heavy (non-hydrogen) atoms. The quantitative estimate of drug-likeness (QED) is 0.106. The third kappa shape index (κ3) is 8.17. The molecule has 13 atom stereocenters. The number of cyclic esters (lactones) is 1. The molecule has 0 radical (unpaired) electrons. The second kappa shape index (κ2) is 14.1. The lowest BCUT2D eigenvalue weighted by molar-refractivity contribution is -0.326. The number of rotatable bonds is 9. The van der Waals surface area contributed by atoms with E-state index in [-0.39, 0.29) is 36.1 Å². The highest BCUT2D eigenvalue weighted by atomic mass is 79.9. The molecule has 3 saturated heterocycles. The van der Waals surface area contributed by atoms with Crippen LogP contribution in [0.4, 0.5) is 0 Å². The van der Waals surface area contributed by atoms with Crippen LogP contribution >= 0.6 is 15.9 Å². The van der Waals surface area contributed by atoms with Gasteiger partial charge in [0.25, 0.3) is 0 Å². The predicted octanol–water partition coefficient (Wildman–Crippen LogP) is 7.11. The molecule has 272 valence electrons. The number of halogens is 1. The fourth-order valence-corrected chi connectivity index (χ4v) is 11.3. The van der Waals surface area contributed by atoms with E-state index in [1.807, 2.05) is 20.8 Å². The predicted molar refractivity (Wildman–Crippen MR) is 194 cm³/mol. The monoisotopic (exact) mass is 761 g/mol. The van der Waals surface area contributed by atoms with Crippen LogP contribution in [-0.4, -0.2) is 107 Å². The topological polar surface area (TPSA) is 84.9 Å². The van der Waals surface area contributed by atoms with Gasteiger partial charge in [0.1, 0.15) is 17.8 Å². The average Bonchev–Trinajstić information content (AvgIpc) is 3.38. The average molecular weight is 763 g/mol. The first kappa shape index (κ1) is 39.6. The molecule has 4 heterocycles. The summed E-state index contributed by atoms with van der Waals surface area (Å²) in [7, 11) is 0.0414. The standard InChI is InChI=1S/C35H64BrNO8Si2/c1-16-27-33(6)19-25(20-36)35(44-33)21(2)18-34(7,45-35)30(23(4)28(42-46(10,11)12)24(5)31(38)40-27)41-32-29(43-47(13,14)15)26(37(8)9)17-22(3)39-32/h19,21-24,26-30,32H,16-18,20H2,1-15H3/t21-,22-,23+,24-,26+,27-,28+,29-,30-,32+,33?,34-,35?/m1/s1. The van der Waals surface area contributed by atoms with Crippen molar-refractivity contribution in [1.82, 2.24) is 4.90 Å². The molecule has 2 unspecified atom stereocenters. The maximum absolute atomic E-state index is 14.1. The highest BCUT2D eigenvalue weighted by molar-refractivity contribution is 9.09. The number of esters is 1. The minimum atomic E-state index is -2.15. The lowest BCUT2D eigenvalue weighted by Crippen LogP contribution is -2.62. The van der Waals surface area contributed by atoms with Gasteiger partial charge >= 0.3 is 5.97 Å². The van der Waals surface area contributed by atoms with E-state index in [2.05, 4.69) is 108 Å². The molecular formula is C35H64BrNO8Si2. The highest BCUT2D eigenvalue weighted by Gasteiger charge is 2.65. The zero-order valence-electron chi connectivity index (χ0n) is 31.8. The van der Waals surface area contributed by atoms with Gasteiger partial charge < -0.3 is 37.4 Å². The van der Waals surface area contributed by atoms with E-state index < -0.39 is 64.1 Å². The lowest BCUT2D eigenvalue weighted by Gasteiger charge is -2.50. The van der Waals surface area contributed by atoms with Gasteiger partial charge in [-0.25, -0.2) is 0 Å². The Balaban J connectivity index is 1.89. The van der Waals surface area contributed by atoms with Crippen LogP contribution in [0.2, 0.25) is 39.3 Å². The largest absolute Gasteiger partial charge is 0.459 e. The molecule has 4 aliphatic heterocycles. The number of alkyl halides is 1. The second-order valence-corrected chi connectivity index (χ2v) is 26.8. The van der Waals surface area contributed by atoms with Crippen molar-refractivity contribution < 1.29 is 37.3 Å². The molecule has 0 aliphatic carbocycles. The second-order valence-electron chi connectivity index (χ2n) is 17.3. The van der Waals surface area contributed by atoms with Crippen LogP contribution in [0.25, 0.3) is 0 Å². The summed E-state index contributed by atoms with van der Waals surface area (Å²) >= 11 is 3.75. The van der Waals surface area contributed by atoms with Gasteiger partial charge in [0, 0.05) is 23.2 Å². The molecule has 9 nitrogen and oxygen atoms in total. The Morgan fingerprint density at radius 1 is 0.979 bits per heavy atom. The van der Waals surface area contributed by atoms with Gasteiger partial charge in [0.15, 0.2) is 28.7 Å². The Morgan fingerprint density at radius 2 is 1.57 bits per heavy atom. The molecule has 0 N–H and O–H groups in total. The van der Waals surface area contributed by atoms with Crippen molar-refractivity contribution in [2.24, 2.45) is 17.8 Å². The zero-order valence-corrected chi connectivity index (χ0v) is 35.4. The van der Waals surface area contributed by atoms with E-state index in [9.17, 15) is 4.79 Å². The minimum Gasteiger partial charge on any atom is -0.459 e. The molecule has 4 aliphatic rings. The fraction of sp³-hybridized carbons (Fsp3) is 0.914. The summed E-state index contributed by atoms with van der Waals surface area (Å²) in [6.45, 7) is 27.7. The maximum Gasteiger partial charge on any atom is 0.311 e. The highest BCUT2D eigenvalue weighted by Crippen LogP contribution is 2.57. The van der Waals surface area contributed by atoms with Gasteiger partial charge in [0.2, 0.25) is 0 Å². The van der Waals surface area contributed by atoms with E-state index in [0.717, 1.165) is 12.0 Å². The summed E-state index contributed by atoms with van der Waals surface area (Å²) in [5.41, 5.74) is -0.659. The van der Waals surface area contributed by atoms with Crippen LogP contribution in [0.15, 0.2) is 11.6 Å². The first-order chi connectivity index (χ1) is 21.5. The van der Waals surface area contributed by atoms with Gasteiger partial charge in [-0.15, -0.1) is 0 Å². The van der Waals surface area contributed by atoms with Crippen molar-refractivity contribution in [2.45, 2.75) is 167 Å². The Kier molecular flexibility index (Phi) is 11.9. The van der Waals surface area contributed by atoms with Crippen molar-refractivity contribution in [3.8, 4) is 0 Å². The zero-order chi connectivity index (χ0) is 35.5. The summed E-state index contributed by atoms with van der Waals surface area (Å²) in [4.78, 5) is 16.3. The number of hydrogen-bond donors (Lipinski definition) is 0. The molecule has 0 aromatic heterocycles. The van der Waals surface area contributed by atoms with Crippen LogP contribution in [-0.2, 0) is 37.3 Å². The minimum absolute atomic E-state index is 0.00563. The summed E-state index contributed by atoms with van der Waals surface area (Å²) in [5.74, 6) is -2.12. The Morgan fingerprint density at radius 3 is 2.11 bits per heavy atom. The summed E-state index contributed by atoms with van der Waals surface area (Å²) in [5, 5.41) is 0.576. The lowest BCUT2D eigenvalue weighted by atomic mass is 9.78. The molecule has 4 rings (SSSR count). The summed E-state index contributed by atoms with van der Waals surface area (Å²) in [6, 6.07) is 0.107. The van der Waals surface area contributed by atoms with E-state index in [1.165, 1.54) is 0 Å². The van der Waals surface area contributed by atoms with Crippen molar-refractivity contribution in [2.75, 3.05) is 19.4 Å². The Bertz CT molecular complexity index is 1160. The van der Waals surface area contributed by atoms with Crippen LogP contribution in [0.3, 0.4) is 0 Å². The number of carbonyl (C=O) groups is 1. The summed E-state index contributed by atoms with van der Waals surface area (Å²) < 4.78 is 48.6. The third-order valence-corrected chi connectivity index (χ3v) is 13.0. The molecule has 3 bridgehead atoms.